The largest absolute Gasteiger partial charge is 0.494 e. The molecule has 0 bridgehead atoms. The second-order valence-corrected chi connectivity index (χ2v) is 6.43. The monoisotopic (exact) mass is 288 g/mol. The Kier molecular flexibility index (Phi) is 4.26. The van der Waals surface area contributed by atoms with Gasteiger partial charge in [0.2, 0.25) is 10.0 Å². The van der Waals surface area contributed by atoms with Crippen molar-refractivity contribution in [1.29, 1.82) is 0 Å². The standard InChI is InChI=1S/C12H17FN2O3S/c1-18-12-7-9(4-5-11(12)13)15-19(16,17)10-3-2-6-14-8-10/h4-5,7,10,14-15H,2-3,6,8H2,1H3. The van der Waals surface area contributed by atoms with Gasteiger partial charge in [0.1, 0.15) is 0 Å². The van der Waals surface area contributed by atoms with Crippen molar-refractivity contribution >= 4 is 15.7 Å². The van der Waals surface area contributed by atoms with Crippen molar-refractivity contribution in [3.8, 4) is 5.75 Å². The molecule has 1 fully saturated rings. The zero-order chi connectivity index (χ0) is 13.9. The van der Waals surface area contributed by atoms with Gasteiger partial charge in [-0.1, -0.05) is 0 Å². The van der Waals surface area contributed by atoms with Crippen LogP contribution in [0.3, 0.4) is 0 Å². The van der Waals surface area contributed by atoms with Crippen LogP contribution in [0.2, 0.25) is 0 Å². The Balaban J connectivity index is 2.15. The number of ether oxygens (including phenoxy) is 1. The van der Waals surface area contributed by atoms with Crippen molar-refractivity contribution in [2.24, 2.45) is 0 Å². The predicted molar refractivity (Wildman–Crippen MR) is 71.4 cm³/mol. The predicted octanol–water partition coefficient (Wildman–Crippen LogP) is 1.33. The van der Waals surface area contributed by atoms with E-state index in [1.165, 1.54) is 25.3 Å². The highest BCUT2D eigenvalue weighted by Crippen LogP contribution is 2.23. The lowest BCUT2D eigenvalue weighted by Gasteiger charge is -2.23. The van der Waals surface area contributed by atoms with Gasteiger partial charge in [-0.15, -0.1) is 0 Å². The van der Waals surface area contributed by atoms with Crippen LogP contribution in [0.5, 0.6) is 5.75 Å². The van der Waals surface area contributed by atoms with Crippen molar-refractivity contribution < 1.29 is 17.5 Å². The number of methoxy groups -OCH3 is 1. The van der Waals surface area contributed by atoms with E-state index < -0.39 is 21.1 Å². The van der Waals surface area contributed by atoms with Crippen LogP contribution in [-0.2, 0) is 10.0 Å². The molecule has 0 radical (unpaired) electrons. The minimum Gasteiger partial charge on any atom is -0.494 e. The molecule has 1 aromatic carbocycles. The maximum atomic E-state index is 13.2. The molecule has 2 rings (SSSR count). The van der Waals surface area contributed by atoms with E-state index in [0.717, 1.165) is 13.0 Å². The summed E-state index contributed by atoms with van der Waals surface area (Å²) in [7, 11) is -2.13. The second-order valence-electron chi connectivity index (χ2n) is 4.46. The zero-order valence-electron chi connectivity index (χ0n) is 10.6. The second kappa shape index (κ2) is 5.75. The van der Waals surface area contributed by atoms with Gasteiger partial charge in [-0.05, 0) is 31.5 Å². The van der Waals surface area contributed by atoms with Crippen LogP contribution in [0.25, 0.3) is 0 Å². The Bertz CT molecular complexity index is 542. The average molecular weight is 288 g/mol. The van der Waals surface area contributed by atoms with E-state index in [1.54, 1.807) is 0 Å². The third-order valence-corrected chi connectivity index (χ3v) is 4.90. The molecule has 0 saturated carbocycles. The van der Waals surface area contributed by atoms with Gasteiger partial charge < -0.3 is 10.1 Å². The molecule has 1 saturated heterocycles. The summed E-state index contributed by atoms with van der Waals surface area (Å²) in [5.41, 5.74) is 0.309. The average Bonchev–Trinajstić information content (AvgIpc) is 2.42. The molecule has 1 atom stereocenters. The first-order chi connectivity index (χ1) is 9.03. The molecule has 1 aromatic rings. The van der Waals surface area contributed by atoms with Crippen LogP contribution >= 0.6 is 0 Å². The molecule has 5 nitrogen and oxygen atoms in total. The minimum absolute atomic E-state index is 0.0157. The number of benzene rings is 1. The number of nitrogens with one attached hydrogen (secondary N) is 2. The number of hydrogen-bond donors (Lipinski definition) is 2. The molecule has 19 heavy (non-hydrogen) atoms. The van der Waals surface area contributed by atoms with Crippen LogP contribution in [0, 0.1) is 5.82 Å². The van der Waals surface area contributed by atoms with E-state index in [0.29, 0.717) is 18.7 Å². The van der Waals surface area contributed by atoms with Gasteiger partial charge in [0, 0.05) is 12.6 Å². The Morgan fingerprint density at radius 1 is 1.47 bits per heavy atom. The highest BCUT2D eigenvalue weighted by molar-refractivity contribution is 7.93. The topological polar surface area (TPSA) is 67.4 Å². The quantitative estimate of drug-likeness (QED) is 0.877. The Hall–Kier alpha value is -1.34. The molecule has 1 unspecified atom stereocenters. The summed E-state index contributed by atoms with van der Waals surface area (Å²) in [5.74, 6) is -0.508. The maximum absolute atomic E-state index is 13.2. The van der Waals surface area contributed by atoms with E-state index in [1.807, 2.05) is 0 Å². The lowest BCUT2D eigenvalue weighted by molar-refractivity contribution is 0.387. The number of piperidine rings is 1. The SMILES string of the molecule is COc1cc(NS(=O)(=O)C2CCCNC2)ccc1F. The van der Waals surface area contributed by atoms with Crippen molar-refractivity contribution in [2.75, 3.05) is 24.9 Å². The zero-order valence-corrected chi connectivity index (χ0v) is 11.5. The third-order valence-electron chi connectivity index (χ3n) is 3.10. The smallest absolute Gasteiger partial charge is 0.236 e. The summed E-state index contributed by atoms with van der Waals surface area (Å²) < 4.78 is 44.9. The molecule has 7 heteroatoms. The molecule has 2 N–H and O–H groups in total. The van der Waals surface area contributed by atoms with Crippen LogP contribution in [0.4, 0.5) is 10.1 Å². The third kappa shape index (κ3) is 3.36. The number of rotatable bonds is 4. The van der Waals surface area contributed by atoms with Gasteiger partial charge in [-0.2, -0.15) is 0 Å². The van der Waals surface area contributed by atoms with E-state index in [-0.39, 0.29) is 5.75 Å². The molecule has 0 aromatic heterocycles. The molecule has 0 spiro atoms. The van der Waals surface area contributed by atoms with Gasteiger partial charge in [0.25, 0.3) is 0 Å². The normalized spacial score (nSPS) is 20.0. The number of sulfonamides is 1. The highest BCUT2D eigenvalue weighted by Gasteiger charge is 2.27. The summed E-state index contributed by atoms with van der Waals surface area (Å²) in [5, 5.41) is 2.59. The highest BCUT2D eigenvalue weighted by atomic mass is 32.2. The summed E-state index contributed by atoms with van der Waals surface area (Å²) in [6, 6.07) is 3.89. The van der Waals surface area contributed by atoms with E-state index in [2.05, 4.69) is 10.0 Å². The number of hydrogen-bond acceptors (Lipinski definition) is 4. The molecular weight excluding hydrogens is 271 g/mol. The van der Waals surface area contributed by atoms with Crippen molar-refractivity contribution in [1.82, 2.24) is 5.32 Å². The molecule has 0 amide bonds. The summed E-state index contributed by atoms with van der Waals surface area (Å²) >= 11 is 0. The molecule has 0 aliphatic carbocycles. The van der Waals surface area contributed by atoms with Crippen molar-refractivity contribution in [3.05, 3.63) is 24.0 Å². The van der Waals surface area contributed by atoms with Gasteiger partial charge in [0.15, 0.2) is 11.6 Å². The fourth-order valence-corrected chi connectivity index (χ4v) is 3.49. The van der Waals surface area contributed by atoms with Gasteiger partial charge >= 0.3 is 0 Å². The van der Waals surface area contributed by atoms with E-state index >= 15 is 0 Å². The molecule has 1 aliphatic heterocycles. The van der Waals surface area contributed by atoms with Crippen molar-refractivity contribution in [3.63, 3.8) is 0 Å². The molecular formula is C12H17FN2O3S. The van der Waals surface area contributed by atoms with Gasteiger partial charge in [0.05, 0.1) is 18.0 Å². The Morgan fingerprint density at radius 2 is 2.26 bits per heavy atom. The Morgan fingerprint density at radius 3 is 2.89 bits per heavy atom. The molecule has 1 aliphatic rings. The van der Waals surface area contributed by atoms with E-state index in [4.69, 9.17) is 4.74 Å². The fourth-order valence-electron chi connectivity index (χ4n) is 2.06. The van der Waals surface area contributed by atoms with E-state index in [9.17, 15) is 12.8 Å². The molecule has 1 heterocycles. The lowest BCUT2D eigenvalue weighted by atomic mass is 10.2. The van der Waals surface area contributed by atoms with Gasteiger partial charge in [-0.25, -0.2) is 12.8 Å². The van der Waals surface area contributed by atoms with Crippen LogP contribution in [0.15, 0.2) is 18.2 Å². The van der Waals surface area contributed by atoms with Crippen molar-refractivity contribution in [2.45, 2.75) is 18.1 Å². The Labute approximate surface area is 112 Å². The first-order valence-electron chi connectivity index (χ1n) is 6.09. The lowest BCUT2D eigenvalue weighted by Crippen LogP contribution is -2.41. The van der Waals surface area contributed by atoms with Gasteiger partial charge in [-0.3, -0.25) is 4.72 Å². The van der Waals surface area contributed by atoms with Crippen LogP contribution in [0.1, 0.15) is 12.8 Å². The maximum Gasteiger partial charge on any atom is 0.236 e. The fraction of sp³-hybridized carbons (Fsp3) is 0.500. The first-order valence-corrected chi connectivity index (χ1v) is 7.63. The summed E-state index contributed by atoms with van der Waals surface area (Å²) in [6.45, 7) is 1.28. The number of anilines is 1. The molecule has 106 valence electrons. The minimum atomic E-state index is -3.46. The summed E-state index contributed by atoms with van der Waals surface area (Å²) in [4.78, 5) is 0. The first kappa shape index (κ1) is 14.1. The summed E-state index contributed by atoms with van der Waals surface area (Å²) in [6.07, 6.45) is 1.46. The van der Waals surface area contributed by atoms with Crippen LogP contribution < -0.4 is 14.8 Å². The number of halogens is 1. The van der Waals surface area contributed by atoms with Crippen LogP contribution in [-0.4, -0.2) is 33.9 Å².